The second-order valence-corrected chi connectivity index (χ2v) is 7.45. The van der Waals surface area contributed by atoms with Crippen molar-refractivity contribution in [3.63, 3.8) is 0 Å². The average Bonchev–Trinajstić information content (AvgIpc) is 2.74. The van der Waals surface area contributed by atoms with E-state index in [0.717, 1.165) is 30.6 Å². The first-order valence-electron chi connectivity index (χ1n) is 10.5. The van der Waals surface area contributed by atoms with E-state index in [1.165, 1.54) is 0 Å². The van der Waals surface area contributed by atoms with Gasteiger partial charge in [-0.2, -0.15) is 0 Å². The zero-order chi connectivity index (χ0) is 22.5. The number of carbonyl (C=O) groups excluding carboxylic acids is 1. The lowest BCUT2D eigenvalue weighted by Crippen LogP contribution is -2.24. The van der Waals surface area contributed by atoms with Crippen LogP contribution in [0.4, 0.5) is 5.69 Å². The van der Waals surface area contributed by atoms with Gasteiger partial charge in [-0.05, 0) is 63.2 Å². The minimum Gasteiger partial charge on any atom is -0.490 e. The molecule has 2 rings (SSSR count). The van der Waals surface area contributed by atoms with Crippen molar-refractivity contribution >= 4 is 23.2 Å². The Hall–Kier alpha value is -2.32. The van der Waals surface area contributed by atoms with E-state index in [-0.39, 0.29) is 19.1 Å². The van der Waals surface area contributed by atoms with E-state index >= 15 is 0 Å². The molecule has 0 heterocycles. The highest BCUT2D eigenvalue weighted by Gasteiger charge is 2.14. The summed E-state index contributed by atoms with van der Waals surface area (Å²) in [5, 5.41) is 18.4. The second kappa shape index (κ2) is 13.9. The van der Waals surface area contributed by atoms with Crippen LogP contribution >= 0.6 is 11.6 Å². The number of hydrogen-bond acceptors (Lipinski definition) is 6. The zero-order valence-corrected chi connectivity index (χ0v) is 18.9. The number of halogens is 1. The molecule has 170 valence electrons. The number of ether oxygens (including phenoxy) is 2. The molecule has 0 fully saturated rings. The normalized spacial score (nSPS) is 10.7. The minimum atomic E-state index is -0.275. The highest BCUT2D eigenvalue weighted by Crippen LogP contribution is 2.36. The fourth-order valence-corrected chi connectivity index (χ4v) is 3.16. The summed E-state index contributed by atoms with van der Waals surface area (Å²) in [6, 6.07) is 11.2. The van der Waals surface area contributed by atoms with Crippen molar-refractivity contribution in [1.29, 1.82) is 0 Å². The number of aryl methyl sites for hydroxylation is 1. The number of aliphatic hydroxyl groups excluding tert-OH is 1. The fraction of sp³-hybridized carbons (Fsp3) is 0.435. The maximum Gasteiger partial charge on any atom is 0.262 e. The summed E-state index contributed by atoms with van der Waals surface area (Å²) in [5.74, 6) is 0.599. The predicted molar refractivity (Wildman–Crippen MR) is 124 cm³/mol. The lowest BCUT2D eigenvalue weighted by molar-refractivity contribution is -0.118. The molecule has 0 saturated carbocycles. The van der Waals surface area contributed by atoms with E-state index in [2.05, 4.69) is 16.0 Å². The first-order chi connectivity index (χ1) is 15.0. The van der Waals surface area contributed by atoms with Crippen LogP contribution in [0.15, 0.2) is 36.4 Å². The number of amides is 1. The quantitative estimate of drug-likeness (QED) is 0.331. The van der Waals surface area contributed by atoms with Gasteiger partial charge in [0, 0.05) is 18.8 Å². The lowest BCUT2D eigenvalue weighted by atomic mass is 10.2. The summed E-state index contributed by atoms with van der Waals surface area (Å²) in [5.41, 5.74) is 2.80. The molecular formula is C23H32ClN3O4. The first-order valence-corrected chi connectivity index (χ1v) is 10.9. The van der Waals surface area contributed by atoms with E-state index in [1.807, 2.05) is 50.2 Å². The van der Waals surface area contributed by atoms with Crippen LogP contribution in [0.3, 0.4) is 0 Å². The first kappa shape index (κ1) is 24.9. The molecule has 0 atom stereocenters. The SMILES string of the molecule is CCOc1cc(CNCCCNCCO)cc(Cl)c1OCC(=O)Nc1ccc(C)cc1. The molecule has 2 aromatic rings. The van der Waals surface area contributed by atoms with Crippen molar-refractivity contribution in [3.8, 4) is 11.5 Å². The molecule has 0 unspecified atom stereocenters. The van der Waals surface area contributed by atoms with Gasteiger partial charge in [0.05, 0.1) is 18.2 Å². The van der Waals surface area contributed by atoms with Crippen LogP contribution in [0.1, 0.15) is 24.5 Å². The van der Waals surface area contributed by atoms with Crippen LogP contribution in [-0.2, 0) is 11.3 Å². The van der Waals surface area contributed by atoms with Crippen LogP contribution in [0.5, 0.6) is 11.5 Å². The third-order valence-corrected chi connectivity index (χ3v) is 4.66. The van der Waals surface area contributed by atoms with Crippen molar-refractivity contribution in [2.24, 2.45) is 0 Å². The largest absolute Gasteiger partial charge is 0.490 e. The molecular weight excluding hydrogens is 418 g/mol. The summed E-state index contributed by atoms with van der Waals surface area (Å²) in [4.78, 5) is 12.2. The van der Waals surface area contributed by atoms with Crippen molar-refractivity contribution in [2.45, 2.75) is 26.8 Å². The van der Waals surface area contributed by atoms with Gasteiger partial charge in [-0.3, -0.25) is 4.79 Å². The Morgan fingerprint density at radius 2 is 1.81 bits per heavy atom. The Bertz CT molecular complexity index is 815. The fourth-order valence-electron chi connectivity index (χ4n) is 2.87. The van der Waals surface area contributed by atoms with Crippen LogP contribution in [0, 0.1) is 6.92 Å². The molecule has 2 aromatic carbocycles. The maximum absolute atomic E-state index is 12.2. The Morgan fingerprint density at radius 3 is 2.52 bits per heavy atom. The van der Waals surface area contributed by atoms with Gasteiger partial charge in [-0.25, -0.2) is 0 Å². The summed E-state index contributed by atoms with van der Waals surface area (Å²) in [6.45, 7) is 7.21. The van der Waals surface area contributed by atoms with Crippen molar-refractivity contribution in [1.82, 2.24) is 10.6 Å². The Balaban J connectivity index is 1.90. The molecule has 0 bridgehead atoms. The van der Waals surface area contributed by atoms with E-state index < -0.39 is 0 Å². The molecule has 1 amide bonds. The third-order valence-electron chi connectivity index (χ3n) is 4.38. The van der Waals surface area contributed by atoms with Gasteiger partial charge in [0.15, 0.2) is 18.1 Å². The monoisotopic (exact) mass is 449 g/mol. The number of aliphatic hydroxyl groups is 1. The van der Waals surface area contributed by atoms with Crippen LogP contribution < -0.4 is 25.4 Å². The topological polar surface area (TPSA) is 91.8 Å². The van der Waals surface area contributed by atoms with Gasteiger partial charge in [0.2, 0.25) is 0 Å². The molecule has 0 aliphatic carbocycles. The van der Waals surface area contributed by atoms with E-state index in [1.54, 1.807) is 0 Å². The summed E-state index contributed by atoms with van der Waals surface area (Å²) in [6.07, 6.45) is 0.948. The molecule has 0 aliphatic rings. The molecule has 7 nitrogen and oxygen atoms in total. The summed E-state index contributed by atoms with van der Waals surface area (Å²) in [7, 11) is 0. The smallest absolute Gasteiger partial charge is 0.262 e. The molecule has 8 heteroatoms. The average molecular weight is 450 g/mol. The minimum absolute atomic E-state index is 0.147. The van der Waals surface area contributed by atoms with Crippen molar-refractivity contribution in [2.75, 3.05) is 44.8 Å². The maximum atomic E-state index is 12.2. The van der Waals surface area contributed by atoms with Gasteiger partial charge >= 0.3 is 0 Å². The third kappa shape index (κ3) is 9.14. The molecule has 0 spiro atoms. The van der Waals surface area contributed by atoms with Gasteiger partial charge < -0.3 is 30.5 Å². The zero-order valence-electron chi connectivity index (χ0n) is 18.2. The van der Waals surface area contributed by atoms with Crippen molar-refractivity contribution in [3.05, 3.63) is 52.5 Å². The molecule has 0 saturated heterocycles. The van der Waals surface area contributed by atoms with Gasteiger partial charge in [0.1, 0.15) is 0 Å². The summed E-state index contributed by atoms with van der Waals surface area (Å²) < 4.78 is 11.4. The standard InChI is InChI=1S/C23H32ClN3O4/c1-3-30-21-14-18(15-26-10-4-9-25-11-12-28)13-20(24)23(21)31-16-22(29)27-19-7-5-17(2)6-8-19/h5-8,13-14,25-26,28H,3-4,9-12,15-16H2,1-2H3,(H,27,29). The highest BCUT2D eigenvalue weighted by molar-refractivity contribution is 6.32. The lowest BCUT2D eigenvalue weighted by Gasteiger charge is -2.15. The number of carbonyl (C=O) groups is 1. The Morgan fingerprint density at radius 1 is 1.06 bits per heavy atom. The van der Waals surface area contributed by atoms with E-state index in [0.29, 0.717) is 41.9 Å². The number of nitrogens with one attached hydrogen (secondary N) is 3. The van der Waals surface area contributed by atoms with Crippen LogP contribution in [0.25, 0.3) is 0 Å². The predicted octanol–water partition coefficient (Wildman–Crippen LogP) is 3.13. The van der Waals surface area contributed by atoms with Gasteiger partial charge in [-0.15, -0.1) is 0 Å². The van der Waals surface area contributed by atoms with E-state index in [9.17, 15) is 4.79 Å². The molecule has 0 radical (unpaired) electrons. The molecule has 0 aliphatic heterocycles. The molecule has 4 N–H and O–H groups in total. The Labute approximate surface area is 189 Å². The van der Waals surface area contributed by atoms with Crippen LogP contribution in [-0.4, -0.2) is 50.5 Å². The number of hydrogen-bond donors (Lipinski definition) is 4. The van der Waals surface area contributed by atoms with Gasteiger partial charge in [0.25, 0.3) is 5.91 Å². The summed E-state index contributed by atoms with van der Waals surface area (Å²) >= 11 is 6.43. The Kier molecular flexibility index (Phi) is 11.2. The number of anilines is 1. The number of rotatable bonds is 14. The van der Waals surface area contributed by atoms with Gasteiger partial charge in [-0.1, -0.05) is 29.3 Å². The highest BCUT2D eigenvalue weighted by atomic mass is 35.5. The van der Waals surface area contributed by atoms with Crippen LogP contribution in [0.2, 0.25) is 5.02 Å². The molecule has 31 heavy (non-hydrogen) atoms. The van der Waals surface area contributed by atoms with Crippen molar-refractivity contribution < 1.29 is 19.4 Å². The molecule has 0 aromatic heterocycles. The van der Waals surface area contributed by atoms with E-state index in [4.69, 9.17) is 26.2 Å². The second-order valence-electron chi connectivity index (χ2n) is 7.04. The number of benzene rings is 2.